The van der Waals surface area contributed by atoms with E-state index in [-0.39, 0.29) is 17.7 Å². The summed E-state index contributed by atoms with van der Waals surface area (Å²) >= 11 is 1.27. The third-order valence-corrected chi connectivity index (χ3v) is 4.75. The first-order chi connectivity index (χ1) is 11.6. The van der Waals surface area contributed by atoms with E-state index >= 15 is 0 Å². The van der Waals surface area contributed by atoms with Crippen molar-refractivity contribution < 1.29 is 9.59 Å². The minimum Gasteiger partial charge on any atom is -0.330 e. The standard InChI is InChI=1S/C16H19N5O2S/c1-10(2)13(21-9-5-7-12(21)22)14(23)18-16-20-19-15(24-16)11-6-3-4-8-17-11/h3-4,6,8,10,13H,5,7,9H2,1-2H3,(H,18,20,23)/t13-/m0/s1. The molecule has 1 saturated heterocycles. The van der Waals surface area contributed by atoms with Gasteiger partial charge in [0, 0.05) is 19.2 Å². The first kappa shape index (κ1) is 16.5. The lowest BCUT2D eigenvalue weighted by molar-refractivity contribution is -0.136. The van der Waals surface area contributed by atoms with Gasteiger partial charge < -0.3 is 4.90 Å². The Hall–Kier alpha value is -2.35. The van der Waals surface area contributed by atoms with E-state index < -0.39 is 6.04 Å². The molecule has 0 aliphatic carbocycles. The molecule has 8 heteroatoms. The van der Waals surface area contributed by atoms with Crippen LogP contribution in [0.25, 0.3) is 10.7 Å². The van der Waals surface area contributed by atoms with Gasteiger partial charge in [0.1, 0.15) is 11.7 Å². The summed E-state index contributed by atoms with van der Waals surface area (Å²) in [5.41, 5.74) is 0.714. The molecule has 3 heterocycles. The predicted octanol–water partition coefficient (Wildman–Crippen LogP) is 2.19. The minimum atomic E-state index is -0.484. The largest absolute Gasteiger partial charge is 0.330 e. The van der Waals surface area contributed by atoms with E-state index in [1.165, 1.54) is 11.3 Å². The average Bonchev–Trinajstić information content (AvgIpc) is 3.18. The van der Waals surface area contributed by atoms with Gasteiger partial charge in [-0.15, -0.1) is 10.2 Å². The molecule has 1 aliphatic heterocycles. The molecule has 0 unspecified atom stereocenters. The number of carbonyl (C=O) groups excluding carboxylic acids is 2. The summed E-state index contributed by atoms with van der Waals surface area (Å²) in [5.74, 6) is -0.158. The molecule has 2 amide bonds. The van der Waals surface area contributed by atoms with Gasteiger partial charge in [-0.2, -0.15) is 0 Å². The number of hydrogen-bond acceptors (Lipinski definition) is 6. The van der Waals surface area contributed by atoms with Crippen LogP contribution in [0.1, 0.15) is 26.7 Å². The number of amides is 2. The van der Waals surface area contributed by atoms with Crippen molar-refractivity contribution in [2.75, 3.05) is 11.9 Å². The van der Waals surface area contributed by atoms with E-state index in [0.29, 0.717) is 28.8 Å². The number of hydrogen-bond donors (Lipinski definition) is 1. The molecular weight excluding hydrogens is 326 g/mol. The lowest BCUT2D eigenvalue weighted by Crippen LogP contribution is -2.47. The topological polar surface area (TPSA) is 88.1 Å². The minimum absolute atomic E-state index is 0.0234. The molecule has 24 heavy (non-hydrogen) atoms. The lowest BCUT2D eigenvalue weighted by Gasteiger charge is -2.29. The number of carbonyl (C=O) groups is 2. The summed E-state index contributed by atoms with van der Waals surface area (Å²) in [6.07, 6.45) is 3.00. The van der Waals surface area contributed by atoms with Crippen LogP contribution in [0.4, 0.5) is 5.13 Å². The normalized spacial score (nSPS) is 15.8. The van der Waals surface area contributed by atoms with E-state index in [0.717, 1.165) is 6.42 Å². The van der Waals surface area contributed by atoms with Crippen LogP contribution < -0.4 is 5.32 Å². The van der Waals surface area contributed by atoms with Crippen molar-refractivity contribution in [2.45, 2.75) is 32.7 Å². The van der Waals surface area contributed by atoms with Gasteiger partial charge in [-0.1, -0.05) is 31.3 Å². The quantitative estimate of drug-likeness (QED) is 0.897. The summed E-state index contributed by atoms with van der Waals surface area (Å²) in [6, 6.07) is 5.05. The Balaban J connectivity index is 1.74. The third kappa shape index (κ3) is 3.43. The zero-order valence-corrected chi connectivity index (χ0v) is 14.4. The highest BCUT2D eigenvalue weighted by Gasteiger charge is 2.35. The Morgan fingerprint density at radius 1 is 1.33 bits per heavy atom. The Bertz CT molecular complexity index is 731. The number of likely N-dealkylation sites (tertiary alicyclic amines) is 1. The maximum Gasteiger partial charge on any atom is 0.249 e. The van der Waals surface area contributed by atoms with Gasteiger partial charge >= 0.3 is 0 Å². The highest BCUT2D eigenvalue weighted by Crippen LogP contribution is 2.26. The molecule has 1 N–H and O–H groups in total. The van der Waals surface area contributed by atoms with Crippen molar-refractivity contribution in [1.82, 2.24) is 20.1 Å². The van der Waals surface area contributed by atoms with Crippen molar-refractivity contribution in [2.24, 2.45) is 5.92 Å². The number of rotatable bonds is 5. The molecule has 0 radical (unpaired) electrons. The van der Waals surface area contributed by atoms with Crippen molar-refractivity contribution in [3.8, 4) is 10.7 Å². The maximum atomic E-state index is 12.7. The van der Waals surface area contributed by atoms with Crippen molar-refractivity contribution in [1.29, 1.82) is 0 Å². The lowest BCUT2D eigenvalue weighted by atomic mass is 10.0. The van der Waals surface area contributed by atoms with E-state index in [2.05, 4.69) is 20.5 Å². The molecule has 2 aromatic rings. The highest BCUT2D eigenvalue weighted by atomic mass is 32.1. The number of pyridine rings is 1. The van der Waals surface area contributed by atoms with Crippen LogP contribution >= 0.6 is 11.3 Å². The summed E-state index contributed by atoms with van der Waals surface area (Å²) < 4.78 is 0. The van der Waals surface area contributed by atoms with Gasteiger partial charge in [0.15, 0.2) is 5.01 Å². The number of aromatic nitrogens is 3. The summed E-state index contributed by atoms with van der Waals surface area (Å²) in [7, 11) is 0. The van der Waals surface area contributed by atoms with Gasteiger partial charge in [0.2, 0.25) is 16.9 Å². The van der Waals surface area contributed by atoms with E-state index in [4.69, 9.17) is 0 Å². The molecule has 1 aliphatic rings. The van der Waals surface area contributed by atoms with Crippen LogP contribution in [0.2, 0.25) is 0 Å². The fraction of sp³-hybridized carbons (Fsp3) is 0.438. The van der Waals surface area contributed by atoms with Crippen molar-refractivity contribution >= 4 is 28.3 Å². The summed E-state index contributed by atoms with van der Waals surface area (Å²) in [6.45, 7) is 4.51. The Morgan fingerprint density at radius 3 is 2.79 bits per heavy atom. The maximum absolute atomic E-state index is 12.7. The number of nitrogens with zero attached hydrogens (tertiary/aromatic N) is 4. The Labute approximate surface area is 144 Å². The number of anilines is 1. The first-order valence-corrected chi connectivity index (χ1v) is 8.73. The van der Waals surface area contributed by atoms with Crippen LogP contribution in [0.3, 0.4) is 0 Å². The van der Waals surface area contributed by atoms with E-state index in [1.54, 1.807) is 11.1 Å². The van der Waals surface area contributed by atoms with Crippen LogP contribution in [-0.2, 0) is 9.59 Å². The average molecular weight is 345 g/mol. The summed E-state index contributed by atoms with van der Waals surface area (Å²) in [4.78, 5) is 30.5. The Morgan fingerprint density at radius 2 is 2.17 bits per heavy atom. The second kappa shape index (κ2) is 7.04. The molecule has 1 fully saturated rings. The molecule has 0 spiro atoms. The Kier molecular flexibility index (Phi) is 4.84. The molecule has 3 rings (SSSR count). The fourth-order valence-electron chi connectivity index (χ4n) is 2.81. The van der Waals surface area contributed by atoms with E-state index in [9.17, 15) is 9.59 Å². The van der Waals surface area contributed by atoms with Crippen LogP contribution in [0.15, 0.2) is 24.4 Å². The first-order valence-electron chi connectivity index (χ1n) is 7.91. The van der Waals surface area contributed by atoms with Gasteiger partial charge in [-0.3, -0.25) is 19.9 Å². The molecule has 126 valence electrons. The molecule has 0 bridgehead atoms. The zero-order valence-electron chi connectivity index (χ0n) is 13.6. The van der Waals surface area contributed by atoms with Gasteiger partial charge in [-0.05, 0) is 24.5 Å². The third-order valence-electron chi connectivity index (χ3n) is 3.89. The second-order valence-corrected chi connectivity index (χ2v) is 6.97. The van der Waals surface area contributed by atoms with Crippen LogP contribution in [-0.4, -0.2) is 44.5 Å². The molecule has 2 aromatic heterocycles. The van der Waals surface area contributed by atoms with Gasteiger partial charge in [0.05, 0.1) is 0 Å². The molecule has 0 saturated carbocycles. The molecule has 7 nitrogen and oxygen atoms in total. The second-order valence-electron chi connectivity index (χ2n) is 6.00. The van der Waals surface area contributed by atoms with Crippen LogP contribution in [0, 0.1) is 5.92 Å². The molecular formula is C16H19N5O2S. The number of nitrogens with one attached hydrogen (secondary N) is 1. The van der Waals surface area contributed by atoms with Crippen molar-refractivity contribution in [3.63, 3.8) is 0 Å². The zero-order chi connectivity index (χ0) is 17.1. The fourth-order valence-corrected chi connectivity index (χ4v) is 3.54. The SMILES string of the molecule is CC(C)[C@@H](C(=O)Nc1nnc(-c2ccccn2)s1)N1CCCC1=O. The summed E-state index contributed by atoms with van der Waals surface area (Å²) in [5, 5.41) is 11.9. The van der Waals surface area contributed by atoms with Crippen LogP contribution in [0.5, 0.6) is 0 Å². The van der Waals surface area contributed by atoms with E-state index in [1.807, 2.05) is 32.0 Å². The predicted molar refractivity (Wildman–Crippen MR) is 91.3 cm³/mol. The van der Waals surface area contributed by atoms with Gasteiger partial charge in [0.25, 0.3) is 0 Å². The molecule has 0 aromatic carbocycles. The highest BCUT2D eigenvalue weighted by molar-refractivity contribution is 7.18. The van der Waals surface area contributed by atoms with Gasteiger partial charge in [-0.25, -0.2) is 0 Å². The smallest absolute Gasteiger partial charge is 0.249 e. The van der Waals surface area contributed by atoms with Crippen molar-refractivity contribution in [3.05, 3.63) is 24.4 Å². The monoisotopic (exact) mass is 345 g/mol. The molecule has 1 atom stereocenters.